The molecule has 19 heavy (non-hydrogen) atoms. The number of anilines is 3. The largest absolute Gasteiger partial charge is 0.340 e. The fourth-order valence-electron chi connectivity index (χ4n) is 1.75. The lowest BCUT2D eigenvalue weighted by atomic mass is 10.2. The molecule has 0 bridgehead atoms. The lowest BCUT2D eigenvalue weighted by molar-refractivity contribution is 1.03. The van der Waals surface area contributed by atoms with Crippen LogP contribution in [0.25, 0.3) is 0 Å². The predicted molar refractivity (Wildman–Crippen MR) is 81.5 cm³/mol. The summed E-state index contributed by atoms with van der Waals surface area (Å²) in [4.78, 5) is 8.63. The Morgan fingerprint density at radius 2 is 1.79 bits per heavy atom. The molecule has 2 rings (SSSR count). The molecule has 0 spiro atoms. The van der Waals surface area contributed by atoms with E-state index < -0.39 is 0 Å². The maximum absolute atomic E-state index is 5.45. The van der Waals surface area contributed by atoms with Gasteiger partial charge in [0.15, 0.2) is 0 Å². The number of halogens is 1. The summed E-state index contributed by atoms with van der Waals surface area (Å²) in [5.74, 6) is 7.49. The topological polar surface area (TPSA) is 75.9 Å². The third-order valence-electron chi connectivity index (χ3n) is 2.82. The van der Waals surface area contributed by atoms with Crippen molar-refractivity contribution in [2.24, 2.45) is 5.84 Å². The van der Waals surface area contributed by atoms with Crippen LogP contribution in [-0.4, -0.2) is 9.97 Å². The third-order valence-corrected chi connectivity index (χ3v) is 3.70. The van der Waals surface area contributed by atoms with E-state index in [0.717, 1.165) is 27.1 Å². The fraction of sp³-hybridized carbons (Fsp3) is 0.231. The zero-order chi connectivity index (χ0) is 14.0. The van der Waals surface area contributed by atoms with Crippen molar-refractivity contribution in [1.29, 1.82) is 0 Å². The molecule has 0 saturated carbocycles. The average Bonchev–Trinajstić information content (AvgIpc) is 2.37. The van der Waals surface area contributed by atoms with Gasteiger partial charge in [-0.3, -0.25) is 0 Å². The lowest BCUT2D eigenvalue weighted by Gasteiger charge is -2.13. The number of rotatable bonds is 3. The maximum atomic E-state index is 5.45. The summed E-state index contributed by atoms with van der Waals surface area (Å²) in [5.41, 5.74) is 5.60. The van der Waals surface area contributed by atoms with Crippen LogP contribution in [0.5, 0.6) is 0 Å². The van der Waals surface area contributed by atoms with E-state index >= 15 is 0 Å². The summed E-state index contributed by atoms with van der Waals surface area (Å²) in [6, 6.07) is 6.04. The van der Waals surface area contributed by atoms with Crippen LogP contribution in [0.3, 0.4) is 0 Å². The highest BCUT2D eigenvalue weighted by Gasteiger charge is 2.08. The first-order valence-electron chi connectivity index (χ1n) is 5.86. The van der Waals surface area contributed by atoms with Gasteiger partial charge in [0.1, 0.15) is 17.5 Å². The van der Waals surface area contributed by atoms with E-state index in [9.17, 15) is 0 Å². The van der Waals surface area contributed by atoms with Gasteiger partial charge in [-0.2, -0.15) is 0 Å². The first-order chi connectivity index (χ1) is 9.01. The summed E-state index contributed by atoms with van der Waals surface area (Å²) in [5, 5.41) is 3.29. The van der Waals surface area contributed by atoms with Crippen LogP contribution in [0.1, 0.15) is 17.0 Å². The molecule has 5 nitrogen and oxygen atoms in total. The first kappa shape index (κ1) is 13.8. The van der Waals surface area contributed by atoms with E-state index in [4.69, 9.17) is 5.84 Å². The molecule has 2 aromatic rings. The minimum atomic E-state index is 0.629. The standard InChI is InChI=1S/C13H16BrN5/c1-7-6-10(4-5-11(7)14)18-12-8(2)13(19-15)17-9(3)16-12/h4-6H,15H2,1-3H3,(H2,16,17,18,19). The molecule has 0 atom stereocenters. The Morgan fingerprint density at radius 1 is 1.11 bits per heavy atom. The SMILES string of the molecule is Cc1nc(NN)c(C)c(Nc2ccc(Br)c(C)c2)n1. The Labute approximate surface area is 120 Å². The highest BCUT2D eigenvalue weighted by Crippen LogP contribution is 2.25. The molecule has 0 saturated heterocycles. The first-order valence-corrected chi connectivity index (χ1v) is 6.65. The number of nitrogen functional groups attached to an aromatic ring is 1. The number of nitrogens with one attached hydrogen (secondary N) is 2. The molecule has 0 unspecified atom stereocenters. The normalized spacial score (nSPS) is 10.4. The van der Waals surface area contributed by atoms with Crippen molar-refractivity contribution < 1.29 is 0 Å². The molecule has 1 aromatic heterocycles. The summed E-state index contributed by atoms with van der Waals surface area (Å²) in [6.45, 7) is 5.79. The van der Waals surface area contributed by atoms with Crippen LogP contribution in [0, 0.1) is 20.8 Å². The molecule has 1 aromatic carbocycles. The van der Waals surface area contributed by atoms with Gasteiger partial charge in [0.25, 0.3) is 0 Å². The monoisotopic (exact) mass is 321 g/mol. The third kappa shape index (κ3) is 3.02. The van der Waals surface area contributed by atoms with Crippen LogP contribution in [0.15, 0.2) is 22.7 Å². The van der Waals surface area contributed by atoms with Gasteiger partial charge in [0.2, 0.25) is 0 Å². The number of hydrogen-bond acceptors (Lipinski definition) is 5. The zero-order valence-corrected chi connectivity index (χ0v) is 12.7. The van der Waals surface area contributed by atoms with Crippen LogP contribution in [-0.2, 0) is 0 Å². The minimum absolute atomic E-state index is 0.629. The van der Waals surface area contributed by atoms with Crippen molar-refractivity contribution in [3.63, 3.8) is 0 Å². The van der Waals surface area contributed by atoms with E-state index in [0.29, 0.717) is 11.6 Å². The second-order valence-electron chi connectivity index (χ2n) is 4.33. The summed E-state index contributed by atoms with van der Waals surface area (Å²) >= 11 is 3.48. The van der Waals surface area contributed by atoms with Gasteiger partial charge in [-0.1, -0.05) is 15.9 Å². The Balaban J connectivity index is 2.37. The lowest BCUT2D eigenvalue weighted by Crippen LogP contribution is -2.13. The molecule has 4 N–H and O–H groups in total. The molecule has 0 fully saturated rings. The Morgan fingerprint density at radius 3 is 2.42 bits per heavy atom. The molecule has 0 aliphatic rings. The minimum Gasteiger partial charge on any atom is -0.340 e. The summed E-state index contributed by atoms with van der Waals surface area (Å²) < 4.78 is 1.08. The second-order valence-corrected chi connectivity index (χ2v) is 5.18. The molecule has 0 aliphatic carbocycles. The number of nitrogens with two attached hydrogens (primary N) is 1. The van der Waals surface area contributed by atoms with Crippen LogP contribution >= 0.6 is 15.9 Å². The number of nitrogens with zero attached hydrogens (tertiary/aromatic N) is 2. The van der Waals surface area contributed by atoms with Crippen LogP contribution in [0.2, 0.25) is 0 Å². The number of aromatic nitrogens is 2. The van der Waals surface area contributed by atoms with Crippen molar-refractivity contribution in [3.8, 4) is 0 Å². The van der Waals surface area contributed by atoms with Gasteiger partial charge in [-0.05, 0) is 44.5 Å². The van der Waals surface area contributed by atoms with Crippen molar-refractivity contribution in [3.05, 3.63) is 39.6 Å². The highest BCUT2D eigenvalue weighted by atomic mass is 79.9. The van der Waals surface area contributed by atoms with Crippen molar-refractivity contribution >= 4 is 33.3 Å². The van der Waals surface area contributed by atoms with Gasteiger partial charge < -0.3 is 10.7 Å². The van der Waals surface area contributed by atoms with E-state index in [1.54, 1.807) is 0 Å². The molecular weight excluding hydrogens is 306 g/mol. The number of aryl methyl sites for hydroxylation is 2. The number of benzene rings is 1. The van der Waals surface area contributed by atoms with Gasteiger partial charge in [-0.15, -0.1) is 0 Å². The van der Waals surface area contributed by atoms with Crippen molar-refractivity contribution in [2.75, 3.05) is 10.7 Å². The van der Waals surface area contributed by atoms with Gasteiger partial charge in [0, 0.05) is 15.7 Å². The number of hydrazine groups is 1. The molecule has 0 amide bonds. The highest BCUT2D eigenvalue weighted by molar-refractivity contribution is 9.10. The Hall–Kier alpha value is -1.66. The molecule has 0 radical (unpaired) electrons. The quantitative estimate of drug-likeness (QED) is 0.598. The molecule has 0 aliphatic heterocycles. The van der Waals surface area contributed by atoms with E-state index in [1.807, 2.05) is 32.9 Å². The van der Waals surface area contributed by atoms with E-state index in [-0.39, 0.29) is 0 Å². The average molecular weight is 322 g/mol. The summed E-state index contributed by atoms with van der Waals surface area (Å²) in [6.07, 6.45) is 0. The maximum Gasteiger partial charge on any atom is 0.148 e. The molecular formula is C13H16BrN5. The van der Waals surface area contributed by atoms with E-state index in [1.165, 1.54) is 0 Å². The molecule has 100 valence electrons. The van der Waals surface area contributed by atoms with Crippen LogP contribution < -0.4 is 16.6 Å². The Bertz CT molecular complexity index is 612. The van der Waals surface area contributed by atoms with Gasteiger partial charge in [0.05, 0.1) is 0 Å². The summed E-state index contributed by atoms with van der Waals surface area (Å²) in [7, 11) is 0. The number of hydrogen-bond donors (Lipinski definition) is 3. The zero-order valence-electron chi connectivity index (χ0n) is 11.1. The van der Waals surface area contributed by atoms with Gasteiger partial charge in [-0.25, -0.2) is 15.8 Å². The molecule has 6 heteroatoms. The van der Waals surface area contributed by atoms with Gasteiger partial charge >= 0.3 is 0 Å². The van der Waals surface area contributed by atoms with E-state index in [2.05, 4.69) is 42.7 Å². The van der Waals surface area contributed by atoms with Crippen molar-refractivity contribution in [2.45, 2.75) is 20.8 Å². The van der Waals surface area contributed by atoms with Crippen molar-refractivity contribution in [1.82, 2.24) is 9.97 Å². The van der Waals surface area contributed by atoms with Crippen LogP contribution in [0.4, 0.5) is 17.3 Å². The fourth-order valence-corrected chi connectivity index (χ4v) is 2.00. The smallest absolute Gasteiger partial charge is 0.148 e. The predicted octanol–water partition coefficient (Wildman–Crippen LogP) is 3.19. The Kier molecular flexibility index (Phi) is 4.01. The molecule has 1 heterocycles. The second kappa shape index (κ2) is 5.54.